The minimum Gasteiger partial charge on any atom is -0.497 e. The van der Waals surface area contributed by atoms with Gasteiger partial charge in [0.15, 0.2) is 0 Å². The zero-order chi connectivity index (χ0) is 27.5. The highest BCUT2D eigenvalue weighted by molar-refractivity contribution is 7.99. The summed E-state index contributed by atoms with van der Waals surface area (Å²) < 4.78 is 10.6. The van der Waals surface area contributed by atoms with E-state index in [1.807, 2.05) is 99.6 Å². The number of amides is 2. The molecule has 0 unspecified atom stereocenters. The molecule has 6 nitrogen and oxygen atoms in total. The molecule has 0 heterocycles. The van der Waals surface area contributed by atoms with Crippen LogP contribution in [0.4, 0.5) is 0 Å². The minimum atomic E-state index is -0.670. The lowest BCUT2D eigenvalue weighted by Gasteiger charge is -2.34. The average molecular weight is 535 g/mol. The first kappa shape index (κ1) is 29.1. The number of hydrogen-bond acceptors (Lipinski definition) is 5. The Kier molecular flexibility index (Phi) is 10.7. The van der Waals surface area contributed by atoms with Crippen LogP contribution >= 0.6 is 11.8 Å². The molecular weight excluding hydrogens is 496 g/mol. The largest absolute Gasteiger partial charge is 0.497 e. The Morgan fingerprint density at radius 3 is 2.13 bits per heavy atom. The van der Waals surface area contributed by atoms with E-state index in [-0.39, 0.29) is 17.6 Å². The van der Waals surface area contributed by atoms with Gasteiger partial charge in [-0.2, -0.15) is 0 Å². The van der Waals surface area contributed by atoms with Gasteiger partial charge in [0.2, 0.25) is 11.8 Å². The van der Waals surface area contributed by atoms with E-state index in [9.17, 15) is 9.59 Å². The summed E-state index contributed by atoms with van der Waals surface area (Å²) in [5, 5.41) is 3.10. The summed E-state index contributed by atoms with van der Waals surface area (Å²) in [6, 6.07) is 24.6. The first-order valence-corrected chi connectivity index (χ1v) is 13.8. The maximum Gasteiger partial charge on any atom is 0.243 e. The molecular formula is C31H38N2O4S. The fourth-order valence-electron chi connectivity index (χ4n) is 4.04. The van der Waals surface area contributed by atoms with Crippen molar-refractivity contribution >= 4 is 23.6 Å². The second kappa shape index (κ2) is 13.9. The molecule has 0 aliphatic heterocycles. The molecule has 38 heavy (non-hydrogen) atoms. The van der Waals surface area contributed by atoms with Crippen LogP contribution in [0.1, 0.15) is 37.5 Å². The molecule has 0 fully saturated rings. The van der Waals surface area contributed by atoms with Crippen molar-refractivity contribution in [3.63, 3.8) is 0 Å². The molecule has 0 aliphatic carbocycles. The number of hydrogen-bond donors (Lipinski definition) is 1. The van der Waals surface area contributed by atoms with E-state index in [0.717, 1.165) is 22.4 Å². The van der Waals surface area contributed by atoms with E-state index in [1.54, 1.807) is 19.1 Å². The van der Waals surface area contributed by atoms with Crippen LogP contribution in [-0.2, 0) is 28.3 Å². The Morgan fingerprint density at radius 2 is 1.50 bits per heavy atom. The number of carbonyl (C=O) groups is 2. The fraction of sp³-hybridized carbons (Fsp3) is 0.355. The summed E-state index contributed by atoms with van der Waals surface area (Å²) >= 11 is 1.53. The van der Waals surface area contributed by atoms with Gasteiger partial charge in [-0.05, 0) is 61.7 Å². The zero-order valence-corrected chi connectivity index (χ0v) is 23.7. The molecule has 1 atom stereocenters. The fourth-order valence-corrected chi connectivity index (χ4v) is 4.91. The van der Waals surface area contributed by atoms with Crippen LogP contribution in [-0.4, -0.2) is 48.3 Å². The number of nitrogens with one attached hydrogen (secondary N) is 1. The number of thioether (sulfide) groups is 1. The molecule has 0 spiro atoms. The summed E-state index contributed by atoms with van der Waals surface area (Å²) in [6.07, 6.45) is 0.418. The van der Waals surface area contributed by atoms with Gasteiger partial charge in [-0.1, -0.05) is 54.6 Å². The van der Waals surface area contributed by atoms with Gasteiger partial charge in [0.1, 0.15) is 17.5 Å². The van der Waals surface area contributed by atoms with Gasteiger partial charge in [0.05, 0.1) is 20.0 Å². The second-order valence-corrected chi connectivity index (χ2v) is 11.1. The third-order valence-electron chi connectivity index (χ3n) is 5.91. The Balaban J connectivity index is 1.86. The van der Waals surface area contributed by atoms with Gasteiger partial charge in [0.25, 0.3) is 0 Å². The molecule has 0 bridgehead atoms. The van der Waals surface area contributed by atoms with Crippen molar-refractivity contribution in [2.24, 2.45) is 0 Å². The van der Waals surface area contributed by atoms with Crippen LogP contribution < -0.4 is 14.8 Å². The van der Waals surface area contributed by atoms with Gasteiger partial charge < -0.3 is 19.7 Å². The summed E-state index contributed by atoms with van der Waals surface area (Å²) in [5.41, 5.74) is 2.57. The summed E-state index contributed by atoms with van der Waals surface area (Å²) in [4.78, 5) is 29.1. The number of rotatable bonds is 12. The molecule has 2 amide bonds. The molecule has 7 heteroatoms. The second-order valence-electron chi connectivity index (χ2n) is 10.2. The predicted octanol–water partition coefficient (Wildman–Crippen LogP) is 5.49. The zero-order valence-electron chi connectivity index (χ0n) is 22.9. The van der Waals surface area contributed by atoms with Crippen molar-refractivity contribution in [3.05, 3.63) is 95.6 Å². The average Bonchev–Trinajstić information content (AvgIpc) is 2.90. The SMILES string of the molecule is COc1ccc(CSCC(=O)N(Cc2cccc(OC)c2)[C@H](Cc2ccccc2)C(=O)NC(C)(C)C)cc1. The molecule has 0 saturated carbocycles. The highest BCUT2D eigenvalue weighted by Gasteiger charge is 2.32. The van der Waals surface area contributed by atoms with Crippen LogP contribution in [0.15, 0.2) is 78.9 Å². The quantitative estimate of drug-likeness (QED) is 0.333. The Bertz CT molecular complexity index is 1180. The first-order chi connectivity index (χ1) is 18.2. The molecule has 202 valence electrons. The molecule has 3 aromatic rings. The third kappa shape index (κ3) is 9.14. The van der Waals surface area contributed by atoms with Crippen LogP contribution in [0.25, 0.3) is 0 Å². The topological polar surface area (TPSA) is 67.9 Å². The Hall–Kier alpha value is -3.45. The van der Waals surface area contributed by atoms with Crippen molar-refractivity contribution in [2.45, 2.75) is 51.1 Å². The predicted molar refractivity (Wildman–Crippen MR) is 155 cm³/mol. The standard InChI is InChI=1S/C31H38N2O4S/c1-31(2,3)32-30(35)28(19-23-10-7-6-8-11-23)33(20-25-12-9-13-27(18-25)37-5)29(34)22-38-21-24-14-16-26(36-4)17-15-24/h6-18,28H,19-22H2,1-5H3,(H,32,35)/t28-/m1/s1. The van der Waals surface area contributed by atoms with E-state index in [4.69, 9.17) is 9.47 Å². The highest BCUT2D eigenvalue weighted by atomic mass is 32.2. The molecule has 0 radical (unpaired) electrons. The molecule has 3 rings (SSSR count). The first-order valence-electron chi connectivity index (χ1n) is 12.7. The van der Waals surface area contributed by atoms with Crippen molar-refractivity contribution in [1.82, 2.24) is 10.2 Å². The van der Waals surface area contributed by atoms with Crippen molar-refractivity contribution in [3.8, 4) is 11.5 Å². The monoisotopic (exact) mass is 534 g/mol. The van der Waals surface area contributed by atoms with Crippen LogP contribution in [0.5, 0.6) is 11.5 Å². The van der Waals surface area contributed by atoms with Crippen LogP contribution in [0, 0.1) is 0 Å². The normalized spacial score (nSPS) is 11.9. The number of carbonyl (C=O) groups excluding carboxylic acids is 2. The Morgan fingerprint density at radius 1 is 0.842 bits per heavy atom. The van der Waals surface area contributed by atoms with Gasteiger partial charge in [0, 0.05) is 24.3 Å². The van der Waals surface area contributed by atoms with Crippen LogP contribution in [0.3, 0.4) is 0 Å². The smallest absolute Gasteiger partial charge is 0.243 e. The lowest BCUT2D eigenvalue weighted by molar-refractivity contribution is -0.140. The van der Waals surface area contributed by atoms with Crippen LogP contribution in [0.2, 0.25) is 0 Å². The maximum atomic E-state index is 13.8. The van der Waals surface area contributed by atoms with E-state index in [1.165, 1.54) is 11.8 Å². The van der Waals surface area contributed by atoms with Gasteiger partial charge in [-0.15, -0.1) is 11.8 Å². The summed E-state index contributed by atoms with van der Waals surface area (Å²) in [6.45, 7) is 6.14. The third-order valence-corrected chi connectivity index (χ3v) is 6.90. The van der Waals surface area contributed by atoms with Crippen molar-refractivity contribution in [2.75, 3.05) is 20.0 Å². The highest BCUT2D eigenvalue weighted by Crippen LogP contribution is 2.22. The number of ether oxygens (including phenoxy) is 2. The minimum absolute atomic E-state index is 0.0867. The number of benzene rings is 3. The number of methoxy groups -OCH3 is 2. The molecule has 0 aromatic heterocycles. The summed E-state index contributed by atoms with van der Waals surface area (Å²) in [7, 11) is 3.26. The van der Waals surface area contributed by atoms with Gasteiger partial charge >= 0.3 is 0 Å². The lowest BCUT2D eigenvalue weighted by Crippen LogP contribution is -2.54. The van der Waals surface area contributed by atoms with Gasteiger partial charge in [-0.3, -0.25) is 9.59 Å². The number of nitrogens with zero attached hydrogens (tertiary/aromatic N) is 1. The van der Waals surface area contributed by atoms with Crippen molar-refractivity contribution in [1.29, 1.82) is 0 Å². The van der Waals surface area contributed by atoms with E-state index in [0.29, 0.717) is 24.5 Å². The molecule has 0 saturated heterocycles. The van der Waals surface area contributed by atoms with E-state index >= 15 is 0 Å². The molecule has 0 aliphatic rings. The van der Waals surface area contributed by atoms with Crippen molar-refractivity contribution < 1.29 is 19.1 Å². The summed E-state index contributed by atoms with van der Waals surface area (Å²) in [5.74, 6) is 2.19. The Labute approximate surface area is 230 Å². The molecule has 3 aromatic carbocycles. The lowest BCUT2D eigenvalue weighted by atomic mass is 10.0. The molecule has 1 N–H and O–H groups in total. The van der Waals surface area contributed by atoms with E-state index < -0.39 is 11.6 Å². The maximum absolute atomic E-state index is 13.8. The van der Waals surface area contributed by atoms with E-state index in [2.05, 4.69) is 5.32 Å². The van der Waals surface area contributed by atoms with Gasteiger partial charge in [-0.25, -0.2) is 0 Å².